The molecule has 0 heterocycles. The summed E-state index contributed by atoms with van der Waals surface area (Å²) in [6.45, 7) is 5.92. The largest absolute Gasteiger partial charge is 0.507 e. The molecule has 100 valence electrons. The van der Waals surface area contributed by atoms with E-state index in [1.54, 1.807) is 0 Å². The number of aryl methyl sites for hydroxylation is 3. The van der Waals surface area contributed by atoms with Gasteiger partial charge in [0.05, 0.1) is 0 Å². The van der Waals surface area contributed by atoms with E-state index in [0.717, 1.165) is 35.5 Å². The van der Waals surface area contributed by atoms with Crippen molar-refractivity contribution in [1.29, 1.82) is 0 Å². The van der Waals surface area contributed by atoms with Crippen molar-refractivity contribution in [3.63, 3.8) is 0 Å². The highest BCUT2D eigenvalue weighted by Gasteiger charge is 2.05. The van der Waals surface area contributed by atoms with Gasteiger partial charge in [0.2, 0.25) is 0 Å². The molecule has 0 aliphatic carbocycles. The third kappa shape index (κ3) is 3.28. The number of aromatic hydroxyl groups is 1. The molecule has 0 saturated carbocycles. The summed E-state index contributed by atoms with van der Waals surface area (Å²) in [5, 5.41) is 9.74. The maximum Gasteiger partial charge on any atom is 0.128 e. The van der Waals surface area contributed by atoms with E-state index in [-0.39, 0.29) is 0 Å². The van der Waals surface area contributed by atoms with Crippen LogP contribution in [0.4, 0.5) is 0 Å². The number of benzene rings is 2. The van der Waals surface area contributed by atoms with Gasteiger partial charge in [0.15, 0.2) is 0 Å². The van der Waals surface area contributed by atoms with Crippen LogP contribution in [-0.2, 0) is 6.42 Å². The molecular formula is C17H20O2. The van der Waals surface area contributed by atoms with Crippen LogP contribution in [0.25, 0.3) is 0 Å². The van der Waals surface area contributed by atoms with Gasteiger partial charge in [0, 0.05) is 0 Å². The minimum absolute atomic E-state index is 0.339. The average molecular weight is 256 g/mol. The Balaban J connectivity index is 2.17. The summed E-state index contributed by atoms with van der Waals surface area (Å²) in [4.78, 5) is 0. The molecule has 0 spiro atoms. The molecule has 19 heavy (non-hydrogen) atoms. The zero-order chi connectivity index (χ0) is 13.8. The van der Waals surface area contributed by atoms with Gasteiger partial charge in [-0.1, -0.05) is 25.5 Å². The Morgan fingerprint density at radius 3 is 2.05 bits per heavy atom. The monoisotopic (exact) mass is 256 g/mol. The van der Waals surface area contributed by atoms with Crippen LogP contribution in [0.2, 0.25) is 0 Å². The molecule has 0 bridgehead atoms. The molecule has 0 amide bonds. The highest BCUT2D eigenvalue weighted by molar-refractivity contribution is 5.46. The summed E-state index contributed by atoms with van der Waals surface area (Å²) in [6.07, 6.45) is 2.24. The van der Waals surface area contributed by atoms with Gasteiger partial charge in [0.1, 0.15) is 17.2 Å². The van der Waals surface area contributed by atoms with Crippen LogP contribution in [0.3, 0.4) is 0 Å². The van der Waals surface area contributed by atoms with E-state index < -0.39 is 0 Å². The van der Waals surface area contributed by atoms with Crippen LogP contribution in [0.1, 0.15) is 30.0 Å². The molecule has 2 aromatic rings. The predicted molar refractivity (Wildman–Crippen MR) is 78.1 cm³/mol. The first-order valence-electron chi connectivity index (χ1n) is 6.67. The fourth-order valence-corrected chi connectivity index (χ4v) is 2.12. The Morgan fingerprint density at radius 1 is 0.947 bits per heavy atom. The summed E-state index contributed by atoms with van der Waals surface area (Å²) in [5.74, 6) is 1.92. The van der Waals surface area contributed by atoms with Gasteiger partial charge in [-0.15, -0.1) is 0 Å². The molecule has 0 unspecified atom stereocenters. The Hall–Kier alpha value is -1.96. The van der Waals surface area contributed by atoms with Crippen LogP contribution in [-0.4, -0.2) is 5.11 Å². The molecule has 0 fully saturated rings. The molecule has 2 aromatic carbocycles. The first kappa shape index (κ1) is 13.5. The van der Waals surface area contributed by atoms with Gasteiger partial charge >= 0.3 is 0 Å². The first-order valence-corrected chi connectivity index (χ1v) is 6.67. The lowest BCUT2D eigenvalue weighted by molar-refractivity contribution is 0.456. The quantitative estimate of drug-likeness (QED) is 0.855. The summed E-state index contributed by atoms with van der Waals surface area (Å²) >= 11 is 0. The lowest BCUT2D eigenvalue weighted by Gasteiger charge is -2.10. The van der Waals surface area contributed by atoms with Gasteiger partial charge in [-0.3, -0.25) is 0 Å². The summed E-state index contributed by atoms with van der Waals surface area (Å²) in [6, 6.07) is 11.9. The van der Waals surface area contributed by atoms with Gasteiger partial charge in [-0.2, -0.15) is 0 Å². The molecule has 0 aliphatic heterocycles. The van der Waals surface area contributed by atoms with E-state index in [1.165, 1.54) is 5.56 Å². The first-order chi connectivity index (χ1) is 9.10. The van der Waals surface area contributed by atoms with Crippen LogP contribution in [0.5, 0.6) is 17.2 Å². The summed E-state index contributed by atoms with van der Waals surface area (Å²) < 4.78 is 5.82. The Morgan fingerprint density at radius 2 is 1.53 bits per heavy atom. The van der Waals surface area contributed by atoms with Crippen molar-refractivity contribution in [3.8, 4) is 17.2 Å². The molecule has 0 saturated heterocycles. The van der Waals surface area contributed by atoms with Crippen molar-refractivity contribution in [1.82, 2.24) is 0 Å². The van der Waals surface area contributed by atoms with Gasteiger partial charge in [-0.05, 0) is 61.2 Å². The Bertz CT molecular complexity index is 533. The Kier molecular flexibility index (Phi) is 4.10. The van der Waals surface area contributed by atoms with Crippen molar-refractivity contribution in [3.05, 3.63) is 53.1 Å². The fraction of sp³-hybridized carbons (Fsp3) is 0.294. The van der Waals surface area contributed by atoms with Crippen molar-refractivity contribution in [2.45, 2.75) is 33.6 Å². The highest BCUT2D eigenvalue weighted by atomic mass is 16.5. The molecular weight excluding hydrogens is 236 g/mol. The highest BCUT2D eigenvalue weighted by Crippen LogP contribution is 2.30. The zero-order valence-electron chi connectivity index (χ0n) is 11.7. The normalized spacial score (nSPS) is 10.5. The van der Waals surface area contributed by atoms with Crippen molar-refractivity contribution < 1.29 is 9.84 Å². The molecule has 0 radical (unpaired) electrons. The van der Waals surface area contributed by atoms with Crippen molar-refractivity contribution in [2.75, 3.05) is 0 Å². The number of phenolic OH excluding ortho intramolecular Hbond substituents is 1. The van der Waals surface area contributed by atoms with Crippen LogP contribution in [0, 0.1) is 13.8 Å². The molecule has 1 N–H and O–H groups in total. The molecule has 2 heteroatoms. The number of ether oxygens (including phenoxy) is 1. The zero-order valence-corrected chi connectivity index (χ0v) is 11.7. The van der Waals surface area contributed by atoms with E-state index in [4.69, 9.17) is 4.74 Å². The molecule has 0 aromatic heterocycles. The van der Waals surface area contributed by atoms with Crippen LogP contribution in [0.15, 0.2) is 36.4 Å². The van der Waals surface area contributed by atoms with E-state index in [9.17, 15) is 5.11 Å². The maximum absolute atomic E-state index is 9.74. The van der Waals surface area contributed by atoms with Gasteiger partial charge in [0.25, 0.3) is 0 Å². The minimum atomic E-state index is 0.339. The van der Waals surface area contributed by atoms with E-state index in [1.807, 2.05) is 38.1 Å². The number of rotatable bonds is 4. The third-order valence-electron chi connectivity index (χ3n) is 3.16. The third-order valence-corrected chi connectivity index (χ3v) is 3.16. The average Bonchev–Trinajstić information content (AvgIpc) is 2.38. The van der Waals surface area contributed by atoms with E-state index >= 15 is 0 Å². The standard InChI is InChI=1S/C17H20O2/c1-4-5-14-6-8-15(9-7-14)19-16-10-12(2)17(18)13(3)11-16/h6-11,18H,4-5H2,1-3H3. The minimum Gasteiger partial charge on any atom is -0.507 e. The Labute approximate surface area is 114 Å². The topological polar surface area (TPSA) is 29.5 Å². The van der Waals surface area contributed by atoms with Gasteiger partial charge < -0.3 is 9.84 Å². The molecule has 0 aliphatic rings. The van der Waals surface area contributed by atoms with E-state index in [2.05, 4.69) is 19.1 Å². The summed E-state index contributed by atoms with van der Waals surface area (Å²) in [7, 11) is 0. The van der Waals surface area contributed by atoms with E-state index in [0.29, 0.717) is 5.75 Å². The SMILES string of the molecule is CCCc1ccc(Oc2cc(C)c(O)c(C)c2)cc1. The van der Waals surface area contributed by atoms with Crippen LogP contribution < -0.4 is 4.74 Å². The number of hydrogen-bond acceptors (Lipinski definition) is 2. The van der Waals surface area contributed by atoms with Crippen molar-refractivity contribution in [2.24, 2.45) is 0 Å². The second-order valence-corrected chi connectivity index (χ2v) is 4.90. The number of phenols is 1. The summed E-state index contributed by atoms with van der Waals surface area (Å²) in [5.41, 5.74) is 2.99. The second-order valence-electron chi connectivity index (χ2n) is 4.90. The van der Waals surface area contributed by atoms with Crippen molar-refractivity contribution >= 4 is 0 Å². The fourth-order valence-electron chi connectivity index (χ4n) is 2.12. The smallest absolute Gasteiger partial charge is 0.128 e. The predicted octanol–water partition coefficient (Wildman–Crippen LogP) is 4.75. The molecule has 2 nitrogen and oxygen atoms in total. The maximum atomic E-state index is 9.74. The lowest BCUT2D eigenvalue weighted by Crippen LogP contribution is -1.89. The second kappa shape index (κ2) is 5.79. The molecule has 0 atom stereocenters. The number of hydrogen-bond donors (Lipinski definition) is 1. The van der Waals surface area contributed by atoms with Crippen LogP contribution >= 0.6 is 0 Å². The molecule has 2 rings (SSSR count). The van der Waals surface area contributed by atoms with Gasteiger partial charge in [-0.25, -0.2) is 0 Å². The lowest BCUT2D eigenvalue weighted by atomic mass is 10.1.